The SMILES string of the molecule is CCOC(=O)c1c(-c2ccc(F)nc2N2C[C@@H]3C[C@H]2CO3)nn2c1O[C@H](C)CC2. The molecule has 0 N–H and O–H groups in total. The Kier molecular flexibility index (Phi) is 4.42. The molecule has 2 aromatic rings. The van der Waals surface area contributed by atoms with Crippen molar-refractivity contribution in [1.29, 1.82) is 0 Å². The zero-order valence-electron chi connectivity index (χ0n) is 16.4. The molecule has 8 nitrogen and oxygen atoms in total. The third kappa shape index (κ3) is 3.04. The second-order valence-corrected chi connectivity index (χ2v) is 7.69. The smallest absolute Gasteiger partial charge is 0.345 e. The second kappa shape index (κ2) is 6.98. The van der Waals surface area contributed by atoms with Gasteiger partial charge in [0.2, 0.25) is 11.8 Å². The molecule has 0 amide bonds. The fraction of sp³-hybridized carbons (Fsp3) is 0.550. The number of fused-ring (bicyclic) bond motifs is 3. The van der Waals surface area contributed by atoms with Gasteiger partial charge in [-0.05, 0) is 32.4 Å². The quantitative estimate of drug-likeness (QED) is 0.574. The molecule has 2 aromatic heterocycles. The van der Waals surface area contributed by atoms with Gasteiger partial charge in [-0.15, -0.1) is 0 Å². The molecular formula is C20H23FN4O4. The van der Waals surface area contributed by atoms with E-state index in [1.807, 2.05) is 6.92 Å². The molecule has 5 rings (SSSR count). The predicted molar refractivity (Wildman–Crippen MR) is 102 cm³/mol. The number of ether oxygens (including phenoxy) is 3. The predicted octanol–water partition coefficient (Wildman–Crippen LogP) is 2.41. The zero-order chi connectivity index (χ0) is 20.1. The van der Waals surface area contributed by atoms with Crippen molar-refractivity contribution >= 4 is 11.8 Å². The van der Waals surface area contributed by atoms with Gasteiger partial charge in [-0.1, -0.05) is 0 Å². The number of aryl methyl sites for hydroxylation is 1. The van der Waals surface area contributed by atoms with Crippen molar-refractivity contribution in [3.8, 4) is 17.1 Å². The van der Waals surface area contributed by atoms with Crippen LogP contribution in [0.3, 0.4) is 0 Å². The van der Waals surface area contributed by atoms with Gasteiger partial charge in [0.25, 0.3) is 0 Å². The molecule has 0 aliphatic carbocycles. The molecule has 3 aliphatic heterocycles. The number of esters is 1. The summed E-state index contributed by atoms with van der Waals surface area (Å²) >= 11 is 0. The number of hydrogen-bond acceptors (Lipinski definition) is 7. The number of hydrogen-bond donors (Lipinski definition) is 0. The Hall–Kier alpha value is -2.68. The minimum absolute atomic E-state index is 0.0301. The second-order valence-electron chi connectivity index (χ2n) is 7.69. The Balaban J connectivity index is 1.65. The van der Waals surface area contributed by atoms with Crippen molar-refractivity contribution in [3.63, 3.8) is 0 Å². The van der Waals surface area contributed by atoms with Crippen LogP contribution in [0, 0.1) is 5.95 Å². The summed E-state index contributed by atoms with van der Waals surface area (Å²) in [6.07, 6.45) is 1.78. The number of morpholine rings is 1. The third-order valence-electron chi connectivity index (χ3n) is 5.71. The zero-order valence-corrected chi connectivity index (χ0v) is 16.4. The first-order chi connectivity index (χ1) is 14.0. The summed E-state index contributed by atoms with van der Waals surface area (Å²) in [5.74, 6) is -0.188. The van der Waals surface area contributed by atoms with E-state index >= 15 is 0 Å². The summed E-state index contributed by atoms with van der Waals surface area (Å²) in [4.78, 5) is 19.1. The Bertz CT molecular complexity index is 962. The van der Waals surface area contributed by atoms with Gasteiger partial charge in [0, 0.05) is 25.1 Å². The molecule has 5 heterocycles. The topological polar surface area (TPSA) is 78.7 Å². The summed E-state index contributed by atoms with van der Waals surface area (Å²) in [6.45, 7) is 5.81. The summed E-state index contributed by atoms with van der Waals surface area (Å²) in [5, 5.41) is 4.65. The van der Waals surface area contributed by atoms with E-state index in [1.165, 1.54) is 6.07 Å². The van der Waals surface area contributed by atoms with Gasteiger partial charge in [0.05, 0.1) is 31.5 Å². The van der Waals surface area contributed by atoms with Crippen LogP contribution in [0.25, 0.3) is 11.3 Å². The van der Waals surface area contributed by atoms with Crippen molar-refractivity contribution in [2.45, 2.75) is 51.5 Å². The third-order valence-corrected chi connectivity index (χ3v) is 5.71. The highest BCUT2D eigenvalue weighted by Gasteiger charge is 2.41. The van der Waals surface area contributed by atoms with Crippen LogP contribution in [0.2, 0.25) is 0 Å². The molecule has 154 valence electrons. The molecule has 0 aromatic carbocycles. The van der Waals surface area contributed by atoms with Crippen LogP contribution in [-0.4, -0.2) is 58.7 Å². The fourth-order valence-electron chi connectivity index (χ4n) is 4.34. The molecule has 0 radical (unpaired) electrons. The molecular weight excluding hydrogens is 379 g/mol. The molecule has 9 heteroatoms. The number of aromatic nitrogens is 3. The van der Waals surface area contributed by atoms with Crippen LogP contribution in [0.15, 0.2) is 12.1 Å². The number of nitrogens with zero attached hydrogens (tertiary/aromatic N) is 4. The molecule has 29 heavy (non-hydrogen) atoms. The number of rotatable bonds is 4. The highest BCUT2D eigenvalue weighted by atomic mass is 19.1. The Morgan fingerprint density at radius 1 is 1.41 bits per heavy atom. The minimum Gasteiger partial charge on any atom is -0.474 e. The molecule has 2 fully saturated rings. The van der Waals surface area contributed by atoms with Gasteiger partial charge < -0.3 is 19.1 Å². The molecule has 2 saturated heterocycles. The molecule has 3 aliphatic rings. The first-order valence-corrected chi connectivity index (χ1v) is 10.0. The van der Waals surface area contributed by atoms with Crippen LogP contribution in [0.4, 0.5) is 10.2 Å². The van der Waals surface area contributed by atoms with E-state index in [2.05, 4.69) is 15.0 Å². The van der Waals surface area contributed by atoms with E-state index in [-0.39, 0.29) is 30.4 Å². The van der Waals surface area contributed by atoms with Crippen LogP contribution in [0.1, 0.15) is 37.0 Å². The van der Waals surface area contributed by atoms with E-state index in [1.54, 1.807) is 17.7 Å². The number of carbonyl (C=O) groups excluding carboxylic acids is 1. The van der Waals surface area contributed by atoms with Crippen molar-refractivity contribution in [2.75, 3.05) is 24.7 Å². The highest BCUT2D eigenvalue weighted by Crippen LogP contribution is 2.41. The van der Waals surface area contributed by atoms with Crippen LogP contribution in [0.5, 0.6) is 5.88 Å². The fourth-order valence-corrected chi connectivity index (χ4v) is 4.34. The van der Waals surface area contributed by atoms with Crippen molar-refractivity contribution < 1.29 is 23.4 Å². The maximum atomic E-state index is 14.1. The average Bonchev–Trinajstić information content (AvgIpc) is 3.41. The lowest BCUT2D eigenvalue weighted by molar-refractivity contribution is 0.0515. The lowest BCUT2D eigenvalue weighted by atomic mass is 10.1. The van der Waals surface area contributed by atoms with E-state index in [0.29, 0.717) is 42.7 Å². The van der Waals surface area contributed by atoms with Gasteiger partial charge in [0.15, 0.2) is 0 Å². The van der Waals surface area contributed by atoms with Gasteiger partial charge in [-0.3, -0.25) is 0 Å². The Morgan fingerprint density at radius 3 is 3.00 bits per heavy atom. The molecule has 3 atom stereocenters. The molecule has 0 saturated carbocycles. The number of carbonyl (C=O) groups is 1. The molecule has 0 unspecified atom stereocenters. The summed E-state index contributed by atoms with van der Waals surface area (Å²) in [5.41, 5.74) is 1.28. The molecule has 2 bridgehead atoms. The van der Waals surface area contributed by atoms with Crippen LogP contribution < -0.4 is 9.64 Å². The van der Waals surface area contributed by atoms with Crippen LogP contribution in [-0.2, 0) is 16.0 Å². The van der Waals surface area contributed by atoms with E-state index in [0.717, 1.165) is 12.8 Å². The van der Waals surface area contributed by atoms with Gasteiger partial charge in [-0.2, -0.15) is 9.49 Å². The summed E-state index contributed by atoms with van der Waals surface area (Å²) < 4.78 is 32.7. The number of pyridine rings is 1. The lowest BCUT2D eigenvalue weighted by Gasteiger charge is -2.29. The summed E-state index contributed by atoms with van der Waals surface area (Å²) in [7, 11) is 0. The first-order valence-electron chi connectivity index (χ1n) is 10.0. The molecule has 0 spiro atoms. The Morgan fingerprint density at radius 2 is 2.28 bits per heavy atom. The van der Waals surface area contributed by atoms with E-state index in [4.69, 9.17) is 14.2 Å². The van der Waals surface area contributed by atoms with Crippen molar-refractivity contribution in [3.05, 3.63) is 23.6 Å². The standard InChI is InChI=1S/C20H23FN4O4/c1-3-27-20(26)16-17(23-25-7-6-11(2)29-19(16)25)14-4-5-15(21)22-18(14)24-9-13-8-12(24)10-28-13/h4-5,11-13H,3,6-10H2,1-2H3/t11-,12+,13+/m1/s1. The van der Waals surface area contributed by atoms with Gasteiger partial charge in [-0.25, -0.2) is 14.5 Å². The largest absolute Gasteiger partial charge is 0.474 e. The van der Waals surface area contributed by atoms with Crippen molar-refractivity contribution in [2.24, 2.45) is 0 Å². The lowest BCUT2D eigenvalue weighted by Crippen LogP contribution is -2.38. The number of anilines is 1. The average molecular weight is 402 g/mol. The minimum atomic E-state index is -0.570. The van der Waals surface area contributed by atoms with E-state index < -0.39 is 11.9 Å². The van der Waals surface area contributed by atoms with Crippen LogP contribution >= 0.6 is 0 Å². The van der Waals surface area contributed by atoms with Crippen molar-refractivity contribution in [1.82, 2.24) is 14.8 Å². The van der Waals surface area contributed by atoms with Gasteiger partial charge in [0.1, 0.15) is 17.1 Å². The monoisotopic (exact) mass is 402 g/mol. The first kappa shape index (κ1) is 18.4. The van der Waals surface area contributed by atoms with Gasteiger partial charge >= 0.3 is 5.97 Å². The maximum absolute atomic E-state index is 14.1. The van der Waals surface area contributed by atoms with E-state index in [9.17, 15) is 9.18 Å². The number of halogens is 1. The maximum Gasteiger partial charge on any atom is 0.345 e. The highest BCUT2D eigenvalue weighted by molar-refractivity contribution is 6.00. The normalized spacial score (nSPS) is 25.1. The summed E-state index contributed by atoms with van der Waals surface area (Å²) in [6, 6.07) is 3.07. The Labute approximate surface area is 167 Å².